The number of amides is 1. The van der Waals surface area contributed by atoms with Crippen LogP contribution >= 0.6 is 11.8 Å². The van der Waals surface area contributed by atoms with Crippen molar-refractivity contribution in [3.05, 3.63) is 0 Å². The Hall–Kier alpha value is -0.220. The van der Waals surface area contributed by atoms with Crippen molar-refractivity contribution >= 4 is 17.7 Å². The number of nitrogens with one attached hydrogen (secondary N) is 1. The summed E-state index contributed by atoms with van der Waals surface area (Å²) in [5, 5.41) is 3.29. The van der Waals surface area contributed by atoms with Gasteiger partial charge in [-0.3, -0.25) is 10.1 Å². The molecule has 1 N–H and O–H groups in total. The number of hydrogen-bond acceptors (Lipinski definition) is 3. The van der Waals surface area contributed by atoms with Gasteiger partial charge in [0.1, 0.15) is 0 Å². The highest BCUT2D eigenvalue weighted by Crippen LogP contribution is 2.21. The lowest BCUT2D eigenvalue weighted by Crippen LogP contribution is -2.44. The fourth-order valence-electron chi connectivity index (χ4n) is 1.69. The van der Waals surface area contributed by atoms with Gasteiger partial charge in [0.25, 0.3) is 0 Å². The first-order chi connectivity index (χ1) is 6.55. The summed E-state index contributed by atoms with van der Waals surface area (Å²) in [6, 6.07) is 0.332. The van der Waals surface area contributed by atoms with Crippen LogP contribution in [-0.2, 0) is 4.79 Å². The first-order valence-corrected chi connectivity index (χ1v) is 6.49. The SMILES string of the molecule is CCC1(C)NCN(C(C)CSC)C1=O. The molecule has 1 saturated heterocycles. The molecule has 1 aliphatic rings. The molecule has 2 atom stereocenters. The van der Waals surface area contributed by atoms with Crippen molar-refractivity contribution < 1.29 is 4.79 Å². The average Bonchev–Trinajstić information content (AvgIpc) is 2.45. The fourth-order valence-corrected chi connectivity index (χ4v) is 2.35. The molecular weight excluding hydrogens is 196 g/mol. The molecule has 2 unspecified atom stereocenters. The number of hydrogen-bond donors (Lipinski definition) is 1. The molecule has 82 valence electrons. The summed E-state index contributed by atoms with van der Waals surface area (Å²) >= 11 is 1.78. The molecule has 1 fully saturated rings. The minimum Gasteiger partial charge on any atom is -0.325 e. The van der Waals surface area contributed by atoms with Crippen molar-refractivity contribution in [2.24, 2.45) is 0 Å². The zero-order valence-electron chi connectivity index (χ0n) is 9.46. The number of nitrogens with zero attached hydrogens (tertiary/aromatic N) is 1. The van der Waals surface area contributed by atoms with Crippen LogP contribution in [-0.4, -0.2) is 41.1 Å². The largest absolute Gasteiger partial charge is 0.325 e. The molecular formula is C10H20N2OS. The van der Waals surface area contributed by atoms with Gasteiger partial charge in [-0.2, -0.15) is 11.8 Å². The van der Waals surface area contributed by atoms with Crippen molar-refractivity contribution in [1.29, 1.82) is 0 Å². The highest BCUT2D eigenvalue weighted by Gasteiger charge is 2.42. The van der Waals surface area contributed by atoms with E-state index in [1.807, 2.05) is 18.7 Å². The second-order valence-corrected chi connectivity index (χ2v) is 5.01. The van der Waals surface area contributed by atoms with Crippen molar-refractivity contribution in [3.8, 4) is 0 Å². The first kappa shape index (κ1) is 11.9. The molecule has 3 nitrogen and oxygen atoms in total. The maximum atomic E-state index is 12.0. The van der Waals surface area contributed by atoms with E-state index in [4.69, 9.17) is 0 Å². The topological polar surface area (TPSA) is 32.3 Å². The third kappa shape index (κ3) is 2.06. The lowest BCUT2D eigenvalue weighted by atomic mass is 9.99. The van der Waals surface area contributed by atoms with Crippen LogP contribution in [0.2, 0.25) is 0 Å². The molecule has 0 saturated carbocycles. The fraction of sp³-hybridized carbons (Fsp3) is 0.900. The normalized spacial score (nSPS) is 29.7. The Bertz CT molecular complexity index is 222. The molecule has 1 amide bonds. The Morgan fingerprint density at radius 2 is 2.36 bits per heavy atom. The lowest BCUT2D eigenvalue weighted by molar-refractivity contribution is -0.133. The van der Waals surface area contributed by atoms with E-state index in [0.29, 0.717) is 12.7 Å². The molecule has 0 spiro atoms. The standard InChI is InChI=1S/C10H20N2OS/c1-5-10(3)9(13)12(7-11-10)8(2)6-14-4/h8,11H,5-7H2,1-4H3. The minimum absolute atomic E-state index is 0.251. The van der Waals surface area contributed by atoms with Crippen molar-refractivity contribution in [3.63, 3.8) is 0 Å². The Balaban J connectivity index is 2.64. The van der Waals surface area contributed by atoms with Gasteiger partial charge in [0.2, 0.25) is 5.91 Å². The lowest BCUT2D eigenvalue weighted by Gasteiger charge is -2.25. The Morgan fingerprint density at radius 3 is 2.79 bits per heavy atom. The summed E-state index contributed by atoms with van der Waals surface area (Å²) in [4.78, 5) is 14.0. The van der Waals surface area contributed by atoms with Crippen LogP contribution in [0.1, 0.15) is 27.2 Å². The minimum atomic E-state index is -0.327. The zero-order valence-corrected chi connectivity index (χ0v) is 10.3. The van der Waals surface area contributed by atoms with Gasteiger partial charge in [0, 0.05) is 11.8 Å². The highest BCUT2D eigenvalue weighted by molar-refractivity contribution is 7.98. The summed E-state index contributed by atoms with van der Waals surface area (Å²) in [7, 11) is 0. The third-order valence-corrected chi connectivity index (χ3v) is 3.84. The van der Waals surface area contributed by atoms with Crippen molar-refractivity contribution in [2.45, 2.75) is 38.8 Å². The van der Waals surface area contributed by atoms with Crippen LogP contribution in [0.5, 0.6) is 0 Å². The number of rotatable bonds is 4. The molecule has 0 aromatic rings. The van der Waals surface area contributed by atoms with E-state index >= 15 is 0 Å². The predicted octanol–water partition coefficient (Wildman–Crippen LogP) is 1.30. The van der Waals surface area contributed by atoms with E-state index in [1.165, 1.54) is 0 Å². The number of thioether (sulfide) groups is 1. The Labute approximate surface area is 90.6 Å². The second-order valence-electron chi connectivity index (χ2n) is 4.10. The van der Waals surface area contributed by atoms with E-state index in [0.717, 1.165) is 12.2 Å². The smallest absolute Gasteiger partial charge is 0.243 e. The number of carbonyl (C=O) groups excluding carboxylic acids is 1. The summed E-state index contributed by atoms with van der Waals surface area (Å²) in [5.74, 6) is 1.26. The molecule has 0 aromatic heterocycles. The molecule has 0 bridgehead atoms. The summed E-state index contributed by atoms with van der Waals surface area (Å²) in [5.41, 5.74) is -0.327. The maximum absolute atomic E-state index is 12.0. The van der Waals surface area contributed by atoms with Crippen molar-refractivity contribution in [2.75, 3.05) is 18.7 Å². The van der Waals surface area contributed by atoms with E-state index in [2.05, 4.69) is 18.5 Å². The van der Waals surface area contributed by atoms with Crippen LogP contribution in [0.3, 0.4) is 0 Å². The second kappa shape index (κ2) is 4.53. The predicted molar refractivity (Wildman–Crippen MR) is 61.4 cm³/mol. The average molecular weight is 216 g/mol. The molecule has 4 heteroatoms. The van der Waals surface area contributed by atoms with E-state index < -0.39 is 0 Å². The van der Waals surface area contributed by atoms with Crippen LogP contribution in [0.4, 0.5) is 0 Å². The van der Waals surface area contributed by atoms with Crippen molar-refractivity contribution in [1.82, 2.24) is 10.2 Å². The molecule has 0 aliphatic carbocycles. The third-order valence-electron chi connectivity index (χ3n) is 3.02. The van der Waals surface area contributed by atoms with E-state index in [1.54, 1.807) is 11.8 Å². The molecule has 1 rings (SSSR count). The summed E-state index contributed by atoms with van der Waals surface area (Å²) in [6.07, 6.45) is 2.93. The molecule has 14 heavy (non-hydrogen) atoms. The zero-order chi connectivity index (χ0) is 10.8. The van der Waals surface area contributed by atoms with Crippen LogP contribution in [0.15, 0.2) is 0 Å². The van der Waals surface area contributed by atoms with Gasteiger partial charge in [-0.25, -0.2) is 0 Å². The molecule has 1 aliphatic heterocycles. The van der Waals surface area contributed by atoms with Gasteiger partial charge in [0.15, 0.2) is 0 Å². The summed E-state index contributed by atoms with van der Waals surface area (Å²) < 4.78 is 0. The van der Waals surface area contributed by atoms with Gasteiger partial charge >= 0.3 is 0 Å². The van der Waals surface area contributed by atoms with Gasteiger partial charge in [0.05, 0.1) is 12.2 Å². The van der Waals surface area contributed by atoms with Crippen LogP contribution in [0.25, 0.3) is 0 Å². The number of carbonyl (C=O) groups is 1. The Kier molecular flexibility index (Phi) is 3.84. The van der Waals surface area contributed by atoms with Gasteiger partial charge < -0.3 is 4.90 Å². The molecule has 1 heterocycles. The van der Waals surface area contributed by atoms with Crippen LogP contribution < -0.4 is 5.32 Å². The quantitative estimate of drug-likeness (QED) is 0.768. The van der Waals surface area contributed by atoms with Crippen LogP contribution in [0, 0.1) is 0 Å². The highest BCUT2D eigenvalue weighted by atomic mass is 32.2. The van der Waals surface area contributed by atoms with Gasteiger partial charge in [-0.1, -0.05) is 6.92 Å². The summed E-state index contributed by atoms with van der Waals surface area (Å²) in [6.45, 7) is 6.84. The molecule has 0 aromatic carbocycles. The maximum Gasteiger partial charge on any atom is 0.243 e. The molecule has 0 radical (unpaired) electrons. The van der Waals surface area contributed by atoms with E-state index in [9.17, 15) is 4.79 Å². The van der Waals surface area contributed by atoms with Gasteiger partial charge in [-0.15, -0.1) is 0 Å². The Morgan fingerprint density at radius 1 is 1.71 bits per heavy atom. The monoisotopic (exact) mass is 216 g/mol. The van der Waals surface area contributed by atoms with E-state index in [-0.39, 0.29) is 11.4 Å². The first-order valence-electron chi connectivity index (χ1n) is 5.10. The van der Waals surface area contributed by atoms with Gasteiger partial charge in [-0.05, 0) is 26.5 Å².